The Hall–Kier alpha value is -1.12. The molecule has 1 heterocycles. The third-order valence-corrected chi connectivity index (χ3v) is 5.44. The molecule has 142 valence electrons. The third-order valence-electron chi connectivity index (χ3n) is 5.44. The van der Waals surface area contributed by atoms with E-state index in [0.29, 0.717) is 6.42 Å². The van der Waals surface area contributed by atoms with Crippen LogP contribution in [0, 0.1) is 0 Å². The Bertz CT molecular complexity index is 492. The largest absolute Gasteiger partial charge is 0.360 e. The lowest BCUT2D eigenvalue weighted by atomic mass is 9.93. The maximum Gasteiger partial charge on any atom is 0.168 e. The van der Waals surface area contributed by atoms with Crippen molar-refractivity contribution in [2.24, 2.45) is 0 Å². The van der Waals surface area contributed by atoms with E-state index in [1.807, 2.05) is 0 Å². The molecule has 0 amide bonds. The molecule has 2 rings (SSSR count). The molecule has 3 nitrogen and oxygen atoms in total. The molecule has 25 heavy (non-hydrogen) atoms. The topological polar surface area (TPSA) is 43.1 Å². The number of unbranched alkanes of at least 4 members (excludes halogenated alkanes) is 12. The molecule has 0 saturated heterocycles. The van der Waals surface area contributed by atoms with E-state index in [2.05, 4.69) is 12.1 Å². The van der Waals surface area contributed by atoms with Gasteiger partial charge in [0.05, 0.1) is 11.3 Å². The SMILES string of the molecule is CCCCCCCCCCCCCCCc1noc2c1C(=O)CCC2. The second-order valence-electron chi connectivity index (χ2n) is 7.70. The van der Waals surface area contributed by atoms with Gasteiger partial charge in [0.25, 0.3) is 0 Å². The molecule has 0 radical (unpaired) electrons. The fourth-order valence-electron chi connectivity index (χ4n) is 3.86. The zero-order chi connectivity index (χ0) is 17.7. The molecule has 0 aliphatic heterocycles. The van der Waals surface area contributed by atoms with Crippen molar-refractivity contribution in [3.05, 3.63) is 17.0 Å². The summed E-state index contributed by atoms with van der Waals surface area (Å²) < 4.78 is 5.35. The fraction of sp³-hybridized carbons (Fsp3) is 0.818. The van der Waals surface area contributed by atoms with Gasteiger partial charge in [-0.2, -0.15) is 0 Å². The number of nitrogens with zero attached hydrogens (tertiary/aromatic N) is 1. The maximum absolute atomic E-state index is 12.0. The summed E-state index contributed by atoms with van der Waals surface area (Å²) in [5.41, 5.74) is 1.74. The minimum atomic E-state index is 0.243. The molecule has 0 fully saturated rings. The Balaban J connectivity index is 1.43. The van der Waals surface area contributed by atoms with E-state index in [1.165, 1.54) is 77.0 Å². The van der Waals surface area contributed by atoms with Crippen LogP contribution in [0.15, 0.2) is 4.52 Å². The molecule has 0 N–H and O–H groups in total. The molecule has 1 aliphatic rings. The van der Waals surface area contributed by atoms with E-state index in [0.717, 1.165) is 42.7 Å². The number of hydrogen-bond donors (Lipinski definition) is 0. The molecular weight excluding hydrogens is 310 g/mol. The molecule has 1 aliphatic carbocycles. The monoisotopic (exact) mass is 347 g/mol. The van der Waals surface area contributed by atoms with Gasteiger partial charge in [-0.25, -0.2) is 0 Å². The van der Waals surface area contributed by atoms with Crippen LogP contribution in [0.5, 0.6) is 0 Å². The van der Waals surface area contributed by atoms with Gasteiger partial charge in [0.15, 0.2) is 5.78 Å². The highest BCUT2D eigenvalue weighted by Gasteiger charge is 2.25. The summed E-state index contributed by atoms with van der Waals surface area (Å²) in [6.45, 7) is 2.28. The van der Waals surface area contributed by atoms with E-state index in [1.54, 1.807) is 0 Å². The average Bonchev–Trinajstić information content (AvgIpc) is 3.03. The predicted molar refractivity (Wildman–Crippen MR) is 103 cm³/mol. The molecule has 0 atom stereocenters. The van der Waals surface area contributed by atoms with E-state index in [-0.39, 0.29) is 5.78 Å². The lowest BCUT2D eigenvalue weighted by Gasteiger charge is -2.08. The van der Waals surface area contributed by atoms with Crippen molar-refractivity contribution in [3.63, 3.8) is 0 Å². The molecule has 0 spiro atoms. The number of aromatic nitrogens is 1. The van der Waals surface area contributed by atoms with Crippen molar-refractivity contribution in [1.29, 1.82) is 0 Å². The third kappa shape index (κ3) is 7.33. The van der Waals surface area contributed by atoms with Gasteiger partial charge in [-0.1, -0.05) is 89.1 Å². The second kappa shape index (κ2) is 12.3. The molecule has 0 aromatic carbocycles. The lowest BCUT2D eigenvalue weighted by Crippen LogP contribution is -2.10. The van der Waals surface area contributed by atoms with E-state index in [4.69, 9.17) is 4.52 Å². The van der Waals surface area contributed by atoms with Crippen molar-refractivity contribution in [3.8, 4) is 0 Å². The van der Waals surface area contributed by atoms with Gasteiger partial charge in [-0.15, -0.1) is 0 Å². The molecular formula is C22H37NO2. The Labute approximate surface area is 153 Å². The summed E-state index contributed by atoms with van der Waals surface area (Å²) >= 11 is 0. The number of hydrogen-bond acceptors (Lipinski definition) is 3. The Kier molecular flexibility index (Phi) is 9.91. The number of rotatable bonds is 14. The second-order valence-corrected chi connectivity index (χ2v) is 7.70. The van der Waals surface area contributed by atoms with Crippen LogP contribution in [-0.2, 0) is 12.8 Å². The molecule has 0 unspecified atom stereocenters. The van der Waals surface area contributed by atoms with Crippen molar-refractivity contribution in [1.82, 2.24) is 5.16 Å². The Morgan fingerprint density at radius 1 is 0.800 bits per heavy atom. The standard InChI is InChI=1S/C22H37NO2/c1-2-3-4-5-6-7-8-9-10-11-12-13-14-16-19-22-20(24)17-15-18-21(22)25-23-19/h2-18H2,1H3. The van der Waals surface area contributed by atoms with Gasteiger partial charge in [-0.05, 0) is 19.3 Å². The van der Waals surface area contributed by atoms with Crippen LogP contribution in [-0.4, -0.2) is 10.9 Å². The summed E-state index contributed by atoms with van der Waals surface area (Å²) in [7, 11) is 0. The predicted octanol–water partition coefficient (Wildman–Crippen LogP) is 6.83. The molecule has 1 aromatic heterocycles. The van der Waals surface area contributed by atoms with Crippen LogP contribution in [0.1, 0.15) is 125 Å². The van der Waals surface area contributed by atoms with Crippen LogP contribution in [0.3, 0.4) is 0 Å². The normalized spacial score (nSPS) is 14.0. The molecule has 1 aromatic rings. The van der Waals surface area contributed by atoms with Crippen LogP contribution < -0.4 is 0 Å². The minimum Gasteiger partial charge on any atom is -0.360 e. The average molecular weight is 348 g/mol. The quantitative estimate of drug-likeness (QED) is 0.346. The summed E-state index contributed by atoms with van der Waals surface area (Å²) in [6, 6.07) is 0. The Morgan fingerprint density at radius 2 is 1.36 bits per heavy atom. The lowest BCUT2D eigenvalue weighted by molar-refractivity contribution is 0.0968. The molecule has 0 saturated carbocycles. The van der Waals surface area contributed by atoms with Gasteiger partial charge >= 0.3 is 0 Å². The smallest absolute Gasteiger partial charge is 0.168 e. The molecule has 3 heteroatoms. The van der Waals surface area contributed by atoms with E-state index in [9.17, 15) is 4.79 Å². The van der Waals surface area contributed by atoms with Gasteiger partial charge in [0, 0.05) is 12.8 Å². The van der Waals surface area contributed by atoms with E-state index >= 15 is 0 Å². The van der Waals surface area contributed by atoms with Crippen LogP contribution in [0.25, 0.3) is 0 Å². The molecule has 0 bridgehead atoms. The van der Waals surface area contributed by atoms with Crippen molar-refractivity contribution < 1.29 is 9.32 Å². The fourth-order valence-corrected chi connectivity index (χ4v) is 3.86. The summed E-state index contributed by atoms with van der Waals surface area (Å²) in [5, 5.41) is 4.15. The number of ketones is 1. The van der Waals surface area contributed by atoms with Gasteiger partial charge < -0.3 is 4.52 Å². The summed E-state index contributed by atoms with van der Waals surface area (Å²) in [5.74, 6) is 1.08. The first-order chi connectivity index (χ1) is 12.3. The number of carbonyl (C=O) groups excluding carboxylic acids is 1. The Morgan fingerprint density at radius 3 is 1.96 bits per heavy atom. The number of carbonyl (C=O) groups is 1. The van der Waals surface area contributed by atoms with Gasteiger partial charge in [-0.3, -0.25) is 4.79 Å². The van der Waals surface area contributed by atoms with Crippen molar-refractivity contribution in [2.45, 2.75) is 116 Å². The number of aryl methyl sites for hydroxylation is 2. The van der Waals surface area contributed by atoms with Gasteiger partial charge in [0.2, 0.25) is 0 Å². The maximum atomic E-state index is 12.0. The van der Waals surface area contributed by atoms with Gasteiger partial charge in [0.1, 0.15) is 5.76 Å². The first-order valence-corrected chi connectivity index (χ1v) is 10.8. The van der Waals surface area contributed by atoms with Crippen LogP contribution >= 0.6 is 0 Å². The van der Waals surface area contributed by atoms with Crippen molar-refractivity contribution >= 4 is 5.78 Å². The highest BCUT2D eigenvalue weighted by Crippen LogP contribution is 2.25. The zero-order valence-corrected chi connectivity index (χ0v) is 16.3. The number of Topliss-reactive ketones (excluding diaryl/α,β-unsaturated/α-hetero) is 1. The van der Waals surface area contributed by atoms with E-state index < -0.39 is 0 Å². The summed E-state index contributed by atoms with van der Waals surface area (Å²) in [6.07, 6.45) is 21.1. The summed E-state index contributed by atoms with van der Waals surface area (Å²) in [4.78, 5) is 12.0. The van der Waals surface area contributed by atoms with Crippen LogP contribution in [0.4, 0.5) is 0 Å². The number of fused-ring (bicyclic) bond motifs is 1. The first-order valence-electron chi connectivity index (χ1n) is 10.8. The van der Waals surface area contributed by atoms with Crippen LogP contribution in [0.2, 0.25) is 0 Å². The first kappa shape index (κ1) is 20.2. The van der Waals surface area contributed by atoms with Crippen molar-refractivity contribution in [2.75, 3.05) is 0 Å². The highest BCUT2D eigenvalue weighted by molar-refractivity contribution is 5.98. The zero-order valence-electron chi connectivity index (χ0n) is 16.3. The minimum absolute atomic E-state index is 0.243. The highest BCUT2D eigenvalue weighted by atomic mass is 16.5.